The first-order chi connectivity index (χ1) is 8.66. The molecule has 0 bridgehead atoms. The molecule has 18 heavy (non-hydrogen) atoms. The van der Waals surface area contributed by atoms with Crippen LogP contribution in [0.2, 0.25) is 0 Å². The molecule has 0 atom stereocenters. The van der Waals surface area contributed by atoms with Gasteiger partial charge in [0.15, 0.2) is 0 Å². The second kappa shape index (κ2) is 5.44. The van der Waals surface area contributed by atoms with E-state index in [0.717, 1.165) is 32.1 Å². The van der Waals surface area contributed by atoms with Crippen LogP contribution in [-0.4, -0.2) is 17.4 Å². The van der Waals surface area contributed by atoms with Gasteiger partial charge in [0, 0.05) is 6.54 Å². The molecule has 1 aliphatic rings. The first-order valence-corrected chi connectivity index (χ1v) is 6.30. The van der Waals surface area contributed by atoms with E-state index in [0.29, 0.717) is 6.54 Å². The van der Waals surface area contributed by atoms with Gasteiger partial charge in [-0.1, -0.05) is 25.3 Å². The number of halogens is 1. The summed E-state index contributed by atoms with van der Waals surface area (Å²) in [5, 5.41) is 2.67. The van der Waals surface area contributed by atoms with E-state index in [-0.39, 0.29) is 11.7 Å². The van der Waals surface area contributed by atoms with Crippen molar-refractivity contribution in [2.24, 2.45) is 11.1 Å². The van der Waals surface area contributed by atoms with Crippen LogP contribution in [0.15, 0.2) is 18.2 Å². The van der Waals surface area contributed by atoms with Crippen molar-refractivity contribution in [2.75, 3.05) is 11.9 Å². The average Bonchev–Trinajstić information content (AvgIpc) is 2.39. The van der Waals surface area contributed by atoms with Crippen molar-refractivity contribution in [3.05, 3.63) is 24.1 Å². The fourth-order valence-electron chi connectivity index (χ4n) is 2.48. The molecule has 0 unspecified atom stereocenters. The van der Waals surface area contributed by atoms with Crippen molar-refractivity contribution in [2.45, 2.75) is 32.1 Å². The molecular formula is C13H18FN3O. The van der Waals surface area contributed by atoms with E-state index in [1.165, 1.54) is 12.1 Å². The lowest BCUT2D eigenvalue weighted by atomic mass is 9.73. The predicted molar refractivity (Wildman–Crippen MR) is 67.4 cm³/mol. The molecule has 1 aliphatic carbocycles. The Hall–Kier alpha value is -1.49. The normalized spacial score (nSPS) is 18.3. The minimum atomic E-state index is -0.599. The molecule has 2 rings (SSSR count). The van der Waals surface area contributed by atoms with Crippen LogP contribution in [0, 0.1) is 11.4 Å². The van der Waals surface area contributed by atoms with E-state index in [2.05, 4.69) is 10.3 Å². The second-order valence-corrected chi connectivity index (χ2v) is 4.84. The molecule has 1 amide bonds. The van der Waals surface area contributed by atoms with Gasteiger partial charge in [0.2, 0.25) is 11.9 Å². The van der Waals surface area contributed by atoms with Gasteiger partial charge in [0.25, 0.3) is 0 Å². The van der Waals surface area contributed by atoms with Crippen molar-refractivity contribution < 1.29 is 9.18 Å². The standard InChI is InChI=1S/C13H18FN3O/c14-10-5-4-6-11(16-10)17-12(18)13(9-15)7-2-1-3-8-13/h4-6H,1-3,7-9,15H2,(H,16,17,18). The molecule has 0 saturated heterocycles. The van der Waals surface area contributed by atoms with Gasteiger partial charge in [-0.2, -0.15) is 4.39 Å². The van der Waals surface area contributed by atoms with E-state index in [1.54, 1.807) is 6.07 Å². The number of carbonyl (C=O) groups excluding carboxylic acids is 1. The summed E-state index contributed by atoms with van der Waals surface area (Å²) in [6, 6.07) is 4.34. The van der Waals surface area contributed by atoms with Crippen LogP contribution in [0.3, 0.4) is 0 Å². The number of amides is 1. The molecule has 3 N–H and O–H groups in total. The third-order valence-electron chi connectivity index (χ3n) is 3.64. The number of aromatic nitrogens is 1. The SMILES string of the molecule is NCC1(C(=O)Nc2cccc(F)n2)CCCCC1. The van der Waals surface area contributed by atoms with Crippen LogP contribution >= 0.6 is 0 Å². The Morgan fingerprint density at radius 2 is 2.11 bits per heavy atom. The van der Waals surface area contributed by atoms with E-state index in [1.807, 2.05) is 0 Å². The number of anilines is 1. The van der Waals surface area contributed by atoms with Crippen molar-refractivity contribution >= 4 is 11.7 Å². The molecule has 98 valence electrons. The van der Waals surface area contributed by atoms with E-state index < -0.39 is 11.4 Å². The van der Waals surface area contributed by atoms with Gasteiger partial charge in [0.1, 0.15) is 5.82 Å². The zero-order valence-electron chi connectivity index (χ0n) is 10.3. The van der Waals surface area contributed by atoms with Crippen molar-refractivity contribution in [3.63, 3.8) is 0 Å². The third-order valence-corrected chi connectivity index (χ3v) is 3.64. The lowest BCUT2D eigenvalue weighted by Gasteiger charge is -2.34. The van der Waals surface area contributed by atoms with Crippen molar-refractivity contribution in [1.82, 2.24) is 4.98 Å². The van der Waals surface area contributed by atoms with Crippen molar-refractivity contribution in [3.8, 4) is 0 Å². The molecule has 0 radical (unpaired) electrons. The highest BCUT2D eigenvalue weighted by Gasteiger charge is 2.38. The molecule has 1 saturated carbocycles. The zero-order chi connectivity index (χ0) is 13.0. The van der Waals surface area contributed by atoms with Gasteiger partial charge >= 0.3 is 0 Å². The summed E-state index contributed by atoms with van der Waals surface area (Å²) in [6.07, 6.45) is 4.77. The predicted octanol–water partition coefficient (Wildman–Crippen LogP) is 2.07. The highest BCUT2D eigenvalue weighted by Crippen LogP contribution is 2.36. The summed E-state index contributed by atoms with van der Waals surface area (Å²) >= 11 is 0. The van der Waals surface area contributed by atoms with E-state index >= 15 is 0 Å². The Balaban J connectivity index is 2.10. The van der Waals surface area contributed by atoms with Gasteiger partial charge < -0.3 is 11.1 Å². The molecule has 0 aromatic carbocycles. The fraction of sp³-hybridized carbons (Fsp3) is 0.538. The van der Waals surface area contributed by atoms with Crippen LogP contribution in [0.1, 0.15) is 32.1 Å². The van der Waals surface area contributed by atoms with Crippen LogP contribution in [0.25, 0.3) is 0 Å². The Bertz CT molecular complexity index is 430. The summed E-state index contributed by atoms with van der Waals surface area (Å²) in [5.41, 5.74) is 5.26. The largest absolute Gasteiger partial charge is 0.329 e. The van der Waals surface area contributed by atoms with Crippen LogP contribution in [0.4, 0.5) is 10.2 Å². The Morgan fingerprint density at radius 1 is 1.39 bits per heavy atom. The summed E-state index contributed by atoms with van der Waals surface area (Å²) in [6.45, 7) is 0.328. The first kappa shape index (κ1) is 13.0. The molecule has 5 heteroatoms. The number of nitrogens with one attached hydrogen (secondary N) is 1. The second-order valence-electron chi connectivity index (χ2n) is 4.84. The quantitative estimate of drug-likeness (QED) is 0.808. The summed E-state index contributed by atoms with van der Waals surface area (Å²) in [7, 11) is 0. The number of hydrogen-bond donors (Lipinski definition) is 2. The number of nitrogens with zero attached hydrogens (tertiary/aromatic N) is 1. The van der Waals surface area contributed by atoms with Crippen LogP contribution < -0.4 is 11.1 Å². The maximum absolute atomic E-state index is 13.0. The van der Waals surface area contributed by atoms with Gasteiger partial charge in [-0.05, 0) is 25.0 Å². The maximum Gasteiger partial charge on any atom is 0.233 e. The number of nitrogens with two attached hydrogens (primary N) is 1. The topological polar surface area (TPSA) is 68.0 Å². The molecule has 0 aliphatic heterocycles. The molecule has 0 spiro atoms. The maximum atomic E-state index is 13.0. The number of pyridine rings is 1. The highest BCUT2D eigenvalue weighted by molar-refractivity contribution is 5.94. The van der Waals surface area contributed by atoms with Gasteiger partial charge in [0.05, 0.1) is 5.41 Å². The fourth-order valence-corrected chi connectivity index (χ4v) is 2.48. The lowest BCUT2D eigenvalue weighted by Crippen LogP contribution is -2.44. The first-order valence-electron chi connectivity index (χ1n) is 6.30. The van der Waals surface area contributed by atoms with Gasteiger partial charge in [-0.15, -0.1) is 0 Å². The summed E-state index contributed by atoms with van der Waals surface area (Å²) in [4.78, 5) is 15.9. The zero-order valence-corrected chi connectivity index (χ0v) is 10.3. The number of hydrogen-bond acceptors (Lipinski definition) is 3. The summed E-state index contributed by atoms with van der Waals surface area (Å²) < 4.78 is 13.0. The number of carbonyl (C=O) groups is 1. The Morgan fingerprint density at radius 3 is 2.72 bits per heavy atom. The highest BCUT2D eigenvalue weighted by atomic mass is 19.1. The molecule has 4 nitrogen and oxygen atoms in total. The number of rotatable bonds is 3. The lowest BCUT2D eigenvalue weighted by molar-refractivity contribution is -0.126. The molecule has 1 fully saturated rings. The van der Waals surface area contributed by atoms with Crippen LogP contribution in [0.5, 0.6) is 0 Å². The monoisotopic (exact) mass is 251 g/mol. The molecule has 1 aromatic rings. The smallest absolute Gasteiger partial charge is 0.233 e. The van der Waals surface area contributed by atoms with E-state index in [4.69, 9.17) is 5.73 Å². The molecular weight excluding hydrogens is 233 g/mol. The van der Waals surface area contributed by atoms with E-state index in [9.17, 15) is 9.18 Å². The van der Waals surface area contributed by atoms with Gasteiger partial charge in [-0.25, -0.2) is 4.98 Å². The van der Waals surface area contributed by atoms with Crippen LogP contribution in [-0.2, 0) is 4.79 Å². The Labute approximate surface area is 106 Å². The van der Waals surface area contributed by atoms with Gasteiger partial charge in [-0.3, -0.25) is 4.79 Å². The summed E-state index contributed by atoms with van der Waals surface area (Å²) in [5.74, 6) is -0.487. The molecule has 1 heterocycles. The third kappa shape index (κ3) is 2.67. The van der Waals surface area contributed by atoms with Crippen molar-refractivity contribution in [1.29, 1.82) is 0 Å². The molecule has 1 aromatic heterocycles. The Kier molecular flexibility index (Phi) is 3.91. The minimum Gasteiger partial charge on any atom is -0.329 e. The minimum absolute atomic E-state index is 0.136. The average molecular weight is 251 g/mol.